The van der Waals surface area contributed by atoms with Crippen LogP contribution in [-0.2, 0) is 17.6 Å². The van der Waals surface area contributed by atoms with Crippen molar-refractivity contribution in [3.05, 3.63) is 21.4 Å². The molecule has 0 spiro atoms. The Kier molecular flexibility index (Phi) is 5.44. The van der Waals surface area contributed by atoms with Gasteiger partial charge in [0.15, 0.2) is 0 Å². The van der Waals surface area contributed by atoms with Gasteiger partial charge < -0.3 is 10.1 Å². The van der Waals surface area contributed by atoms with Gasteiger partial charge in [-0.25, -0.2) is 0 Å². The summed E-state index contributed by atoms with van der Waals surface area (Å²) in [5.74, 6) is 0.787. The van der Waals surface area contributed by atoms with Crippen LogP contribution < -0.4 is 5.32 Å². The normalized spacial score (nSPS) is 18.4. The van der Waals surface area contributed by atoms with Gasteiger partial charge in [-0.05, 0) is 48.6 Å². The maximum Gasteiger partial charge on any atom is 0.261 e. The van der Waals surface area contributed by atoms with Crippen molar-refractivity contribution in [1.29, 1.82) is 0 Å². The van der Waals surface area contributed by atoms with Crippen LogP contribution in [0.15, 0.2) is 6.07 Å². The molecule has 118 valence electrons. The number of amides is 1. The van der Waals surface area contributed by atoms with Crippen molar-refractivity contribution in [1.82, 2.24) is 5.32 Å². The number of carbonyl (C=O) groups excluding carboxylic acids is 1. The highest BCUT2D eigenvalue weighted by Gasteiger charge is 2.30. The highest BCUT2D eigenvalue weighted by atomic mass is 32.1. The Labute approximate surface area is 132 Å². The minimum Gasteiger partial charge on any atom is -0.385 e. The van der Waals surface area contributed by atoms with E-state index in [9.17, 15) is 4.79 Å². The molecule has 1 atom stereocenters. The number of hydrogen-bond acceptors (Lipinski definition) is 3. The van der Waals surface area contributed by atoms with Crippen LogP contribution >= 0.6 is 11.3 Å². The van der Waals surface area contributed by atoms with Crippen LogP contribution in [0, 0.1) is 11.3 Å². The number of rotatable bonds is 5. The Balaban J connectivity index is 1.96. The van der Waals surface area contributed by atoms with Crippen molar-refractivity contribution < 1.29 is 9.53 Å². The predicted octanol–water partition coefficient (Wildman–Crippen LogP) is 3.67. The molecule has 0 radical (unpaired) electrons. The van der Waals surface area contributed by atoms with Crippen molar-refractivity contribution in [3.8, 4) is 0 Å². The van der Waals surface area contributed by atoms with E-state index in [1.54, 1.807) is 18.4 Å². The van der Waals surface area contributed by atoms with Gasteiger partial charge in [0, 0.05) is 25.1 Å². The lowest BCUT2D eigenvalue weighted by Gasteiger charge is -2.33. The summed E-state index contributed by atoms with van der Waals surface area (Å²) in [6.07, 6.45) is 4.34. The van der Waals surface area contributed by atoms with Gasteiger partial charge >= 0.3 is 0 Å². The molecule has 1 N–H and O–H groups in total. The fourth-order valence-corrected chi connectivity index (χ4v) is 4.01. The zero-order valence-corrected chi connectivity index (χ0v) is 14.4. The highest BCUT2D eigenvalue weighted by molar-refractivity contribution is 7.14. The summed E-state index contributed by atoms with van der Waals surface area (Å²) in [5.41, 5.74) is 1.75. The van der Waals surface area contributed by atoms with Crippen LogP contribution in [0.5, 0.6) is 0 Å². The summed E-state index contributed by atoms with van der Waals surface area (Å²) in [6.45, 7) is 8.32. The summed E-state index contributed by atoms with van der Waals surface area (Å²) in [6, 6.07) is 2.11. The van der Waals surface area contributed by atoms with E-state index < -0.39 is 0 Å². The Morgan fingerprint density at radius 1 is 1.48 bits per heavy atom. The van der Waals surface area contributed by atoms with E-state index in [0.29, 0.717) is 18.6 Å². The molecule has 1 amide bonds. The molecule has 3 nitrogen and oxygen atoms in total. The average Bonchev–Trinajstić information content (AvgIpc) is 2.85. The van der Waals surface area contributed by atoms with Gasteiger partial charge in [0.2, 0.25) is 0 Å². The molecule has 21 heavy (non-hydrogen) atoms. The molecule has 1 aliphatic rings. The first-order valence-electron chi connectivity index (χ1n) is 7.80. The van der Waals surface area contributed by atoms with E-state index in [0.717, 1.165) is 30.1 Å². The average molecular weight is 309 g/mol. The Morgan fingerprint density at radius 3 is 2.90 bits per heavy atom. The van der Waals surface area contributed by atoms with Crippen molar-refractivity contribution in [2.45, 2.75) is 46.5 Å². The molecule has 1 heterocycles. The van der Waals surface area contributed by atoms with Crippen LogP contribution in [0.2, 0.25) is 0 Å². The molecule has 0 saturated heterocycles. The molecule has 1 aliphatic carbocycles. The third-order valence-electron chi connectivity index (χ3n) is 4.34. The van der Waals surface area contributed by atoms with Crippen molar-refractivity contribution in [2.75, 3.05) is 20.3 Å². The maximum atomic E-state index is 12.2. The fraction of sp³-hybridized carbons (Fsp3) is 0.706. The smallest absolute Gasteiger partial charge is 0.261 e. The van der Waals surface area contributed by atoms with Crippen LogP contribution in [0.25, 0.3) is 0 Å². The largest absolute Gasteiger partial charge is 0.385 e. The summed E-state index contributed by atoms with van der Waals surface area (Å²) in [7, 11) is 1.68. The standard InChI is InChI=1S/C17H27NO2S/c1-17(2,3)13-6-7-14-12(10-13)11-15(21-14)16(19)18-8-5-9-20-4/h11,13H,5-10H2,1-4H3,(H,18,19)/t13-/m0/s1. The number of thiophene rings is 1. The monoisotopic (exact) mass is 309 g/mol. The Hall–Kier alpha value is -0.870. The number of carbonyl (C=O) groups is 1. The Bertz CT molecular complexity index is 487. The summed E-state index contributed by atoms with van der Waals surface area (Å²) in [4.78, 5) is 14.4. The second kappa shape index (κ2) is 6.93. The molecule has 0 saturated carbocycles. The molecular weight excluding hydrogens is 282 g/mol. The fourth-order valence-electron chi connectivity index (χ4n) is 2.88. The van der Waals surface area contributed by atoms with Gasteiger partial charge in [0.25, 0.3) is 5.91 Å². The van der Waals surface area contributed by atoms with Crippen LogP contribution in [-0.4, -0.2) is 26.2 Å². The third kappa shape index (κ3) is 4.30. The van der Waals surface area contributed by atoms with E-state index in [4.69, 9.17) is 4.74 Å². The lowest BCUT2D eigenvalue weighted by Crippen LogP contribution is -2.26. The number of hydrogen-bond donors (Lipinski definition) is 1. The highest BCUT2D eigenvalue weighted by Crippen LogP contribution is 2.40. The van der Waals surface area contributed by atoms with E-state index >= 15 is 0 Å². The van der Waals surface area contributed by atoms with E-state index in [2.05, 4.69) is 32.2 Å². The molecule has 4 heteroatoms. The SMILES string of the molecule is COCCCNC(=O)c1cc2c(s1)CC[C@H](C(C)(C)C)C2. The molecule has 2 rings (SSSR count). The predicted molar refractivity (Wildman–Crippen MR) is 88.1 cm³/mol. The second-order valence-electron chi connectivity index (χ2n) is 6.97. The topological polar surface area (TPSA) is 38.3 Å². The minimum atomic E-state index is 0.0674. The van der Waals surface area contributed by atoms with Crippen molar-refractivity contribution >= 4 is 17.2 Å². The molecule has 0 bridgehead atoms. The van der Waals surface area contributed by atoms with Gasteiger partial charge in [-0.15, -0.1) is 11.3 Å². The van der Waals surface area contributed by atoms with E-state index in [1.165, 1.54) is 16.9 Å². The molecule has 0 fully saturated rings. The van der Waals surface area contributed by atoms with E-state index in [1.807, 2.05) is 0 Å². The number of methoxy groups -OCH3 is 1. The van der Waals surface area contributed by atoms with Crippen LogP contribution in [0.1, 0.15) is 53.7 Å². The van der Waals surface area contributed by atoms with Crippen molar-refractivity contribution in [3.63, 3.8) is 0 Å². The van der Waals surface area contributed by atoms with Gasteiger partial charge in [-0.2, -0.15) is 0 Å². The quantitative estimate of drug-likeness (QED) is 0.843. The van der Waals surface area contributed by atoms with Gasteiger partial charge in [-0.1, -0.05) is 20.8 Å². The molecular formula is C17H27NO2S. The van der Waals surface area contributed by atoms with E-state index in [-0.39, 0.29) is 5.91 Å². The lowest BCUT2D eigenvalue weighted by molar-refractivity contribution is 0.0952. The lowest BCUT2D eigenvalue weighted by atomic mass is 9.72. The first-order valence-corrected chi connectivity index (χ1v) is 8.62. The zero-order valence-electron chi connectivity index (χ0n) is 13.6. The zero-order chi connectivity index (χ0) is 15.5. The second-order valence-corrected chi connectivity index (χ2v) is 8.10. The number of ether oxygens (including phenoxy) is 1. The van der Waals surface area contributed by atoms with Gasteiger partial charge in [-0.3, -0.25) is 4.79 Å². The molecule has 1 aromatic heterocycles. The van der Waals surface area contributed by atoms with Crippen LogP contribution in [0.4, 0.5) is 0 Å². The summed E-state index contributed by atoms with van der Waals surface area (Å²) in [5, 5.41) is 2.98. The number of fused-ring (bicyclic) bond motifs is 1. The van der Waals surface area contributed by atoms with Gasteiger partial charge in [0.05, 0.1) is 4.88 Å². The number of nitrogens with one attached hydrogen (secondary N) is 1. The summed E-state index contributed by atoms with van der Waals surface area (Å²) < 4.78 is 4.99. The Morgan fingerprint density at radius 2 is 2.24 bits per heavy atom. The van der Waals surface area contributed by atoms with Gasteiger partial charge in [0.1, 0.15) is 0 Å². The first kappa shape index (κ1) is 16.5. The molecule has 1 aromatic rings. The third-order valence-corrected chi connectivity index (χ3v) is 5.58. The minimum absolute atomic E-state index is 0.0674. The molecule has 0 aliphatic heterocycles. The maximum absolute atomic E-state index is 12.2. The molecule has 0 aromatic carbocycles. The van der Waals surface area contributed by atoms with Crippen LogP contribution in [0.3, 0.4) is 0 Å². The summed E-state index contributed by atoms with van der Waals surface area (Å²) >= 11 is 1.68. The number of aryl methyl sites for hydroxylation is 1. The first-order chi connectivity index (χ1) is 9.91. The van der Waals surface area contributed by atoms with Crippen molar-refractivity contribution in [2.24, 2.45) is 11.3 Å². The molecule has 0 unspecified atom stereocenters.